The molecule has 0 fully saturated rings. The van der Waals surface area contributed by atoms with Crippen molar-refractivity contribution >= 4 is 45.0 Å². The molecule has 5 nitrogen and oxygen atoms in total. The van der Waals surface area contributed by atoms with Gasteiger partial charge in [-0.15, -0.1) is 11.8 Å². The van der Waals surface area contributed by atoms with Crippen LogP contribution in [0.4, 0.5) is 5.69 Å². The highest BCUT2D eigenvalue weighted by atomic mass is 35.5. The molecule has 3 rings (SSSR count). The van der Waals surface area contributed by atoms with Gasteiger partial charge >= 0.3 is 0 Å². The Morgan fingerprint density at radius 3 is 2.13 bits per heavy atom. The van der Waals surface area contributed by atoms with Crippen LogP contribution in [0.15, 0.2) is 94.7 Å². The third-order valence-electron chi connectivity index (χ3n) is 4.17. The number of hydrogen-bond donors (Lipinski definition) is 1. The van der Waals surface area contributed by atoms with Crippen molar-refractivity contribution in [2.75, 3.05) is 23.1 Å². The number of hydrogen-bond acceptors (Lipinski definition) is 4. The summed E-state index contributed by atoms with van der Waals surface area (Å²) < 4.78 is 27.4. The lowest BCUT2D eigenvalue weighted by atomic mass is 10.3. The molecule has 0 atom stereocenters. The molecule has 0 radical (unpaired) electrons. The van der Waals surface area contributed by atoms with Crippen molar-refractivity contribution in [3.63, 3.8) is 0 Å². The topological polar surface area (TPSA) is 66.5 Å². The minimum absolute atomic E-state index is 0.139. The highest BCUT2D eigenvalue weighted by molar-refractivity contribution is 7.99. The Bertz CT molecular complexity index is 1060. The van der Waals surface area contributed by atoms with E-state index < -0.39 is 10.0 Å². The van der Waals surface area contributed by atoms with Crippen molar-refractivity contribution in [2.45, 2.75) is 9.79 Å². The van der Waals surface area contributed by atoms with E-state index >= 15 is 0 Å². The number of para-hydroxylation sites is 1. The summed E-state index contributed by atoms with van der Waals surface area (Å²) in [4.78, 5) is 13.7. The molecule has 0 spiro atoms. The zero-order valence-corrected chi connectivity index (χ0v) is 18.5. The zero-order valence-electron chi connectivity index (χ0n) is 16.1. The second kappa shape index (κ2) is 10.5. The number of sulfonamides is 1. The van der Waals surface area contributed by atoms with E-state index in [-0.39, 0.29) is 17.3 Å². The lowest BCUT2D eigenvalue weighted by Gasteiger charge is -2.24. The van der Waals surface area contributed by atoms with Crippen molar-refractivity contribution in [3.8, 4) is 0 Å². The van der Waals surface area contributed by atoms with Crippen LogP contribution in [0.3, 0.4) is 0 Å². The number of carbonyl (C=O) groups is 1. The van der Waals surface area contributed by atoms with Gasteiger partial charge in [-0.3, -0.25) is 9.10 Å². The highest BCUT2D eigenvalue weighted by Crippen LogP contribution is 2.23. The number of halogens is 1. The van der Waals surface area contributed by atoms with E-state index in [2.05, 4.69) is 5.32 Å². The minimum atomic E-state index is -3.87. The van der Waals surface area contributed by atoms with Gasteiger partial charge in [0.15, 0.2) is 0 Å². The van der Waals surface area contributed by atoms with E-state index in [9.17, 15) is 13.2 Å². The fraction of sp³-hybridized carbons (Fsp3) is 0.136. The van der Waals surface area contributed by atoms with Gasteiger partial charge in [0, 0.05) is 22.2 Å². The number of thioether (sulfide) groups is 1. The summed E-state index contributed by atoms with van der Waals surface area (Å²) in [6, 6.07) is 24.2. The van der Waals surface area contributed by atoms with Gasteiger partial charge in [-0.05, 0) is 48.5 Å². The maximum absolute atomic E-state index is 13.1. The van der Waals surface area contributed by atoms with Crippen molar-refractivity contribution in [2.24, 2.45) is 0 Å². The first kappa shape index (κ1) is 22.2. The number of nitrogens with zero attached hydrogens (tertiary/aromatic N) is 1. The third kappa shape index (κ3) is 6.01. The first-order chi connectivity index (χ1) is 14.5. The second-order valence-electron chi connectivity index (χ2n) is 6.31. The molecular formula is C22H21ClN2O3S2. The Labute approximate surface area is 186 Å². The van der Waals surface area contributed by atoms with E-state index in [0.717, 1.165) is 9.20 Å². The van der Waals surface area contributed by atoms with Gasteiger partial charge in [0.1, 0.15) is 6.54 Å². The largest absolute Gasteiger partial charge is 0.354 e. The monoisotopic (exact) mass is 460 g/mol. The van der Waals surface area contributed by atoms with Gasteiger partial charge in [-0.2, -0.15) is 0 Å². The molecule has 0 saturated heterocycles. The van der Waals surface area contributed by atoms with Crippen LogP contribution in [0.2, 0.25) is 5.02 Å². The van der Waals surface area contributed by atoms with Crippen LogP contribution in [-0.2, 0) is 14.8 Å². The minimum Gasteiger partial charge on any atom is -0.354 e. The molecule has 0 bridgehead atoms. The van der Waals surface area contributed by atoms with Gasteiger partial charge in [-0.1, -0.05) is 48.0 Å². The summed E-state index contributed by atoms with van der Waals surface area (Å²) >= 11 is 7.46. The average molecular weight is 461 g/mol. The fourth-order valence-corrected chi connectivity index (χ4v) is 5.04. The van der Waals surface area contributed by atoms with Crippen molar-refractivity contribution in [1.29, 1.82) is 0 Å². The molecule has 156 valence electrons. The molecule has 0 aliphatic heterocycles. The maximum Gasteiger partial charge on any atom is 0.264 e. The van der Waals surface area contributed by atoms with E-state index in [1.54, 1.807) is 60.3 Å². The van der Waals surface area contributed by atoms with Crippen molar-refractivity contribution in [1.82, 2.24) is 5.32 Å². The van der Waals surface area contributed by atoms with Crippen LogP contribution in [0, 0.1) is 0 Å². The quantitative estimate of drug-likeness (QED) is 0.378. The van der Waals surface area contributed by atoms with Gasteiger partial charge in [0.25, 0.3) is 10.0 Å². The van der Waals surface area contributed by atoms with Gasteiger partial charge in [0.05, 0.1) is 10.6 Å². The fourth-order valence-electron chi connectivity index (χ4n) is 2.71. The van der Waals surface area contributed by atoms with Crippen molar-refractivity contribution < 1.29 is 13.2 Å². The molecule has 3 aromatic rings. The first-order valence-electron chi connectivity index (χ1n) is 9.25. The standard InChI is InChI=1S/C22H21ClN2O3S2/c23-18-11-13-20(14-12-18)29-16-15-24-22(26)17-25(19-7-3-1-4-8-19)30(27,28)21-9-5-2-6-10-21/h1-14H,15-17H2,(H,24,26). The molecule has 1 N–H and O–H groups in total. The molecule has 3 aromatic carbocycles. The van der Waals surface area contributed by atoms with Crippen LogP contribution >= 0.6 is 23.4 Å². The van der Waals surface area contributed by atoms with Gasteiger partial charge < -0.3 is 5.32 Å². The predicted molar refractivity (Wildman–Crippen MR) is 123 cm³/mol. The summed E-state index contributed by atoms with van der Waals surface area (Å²) in [5.41, 5.74) is 0.437. The van der Waals surface area contributed by atoms with Gasteiger partial charge in [-0.25, -0.2) is 8.42 Å². The van der Waals surface area contributed by atoms with Crippen molar-refractivity contribution in [3.05, 3.63) is 90.0 Å². The SMILES string of the molecule is O=C(CN(c1ccccc1)S(=O)(=O)c1ccccc1)NCCSc1ccc(Cl)cc1. The molecule has 30 heavy (non-hydrogen) atoms. The Balaban J connectivity index is 1.64. The Kier molecular flexibility index (Phi) is 7.79. The lowest BCUT2D eigenvalue weighted by molar-refractivity contribution is -0.119. The van der Waals surface area contributed by atoms with Crippen LogP contribution in [0.25, 0.3) is 0 Å². The maximum atomic E-state index is 13.1. The number of amides is 1. The Morgan fingerprint density at radius 2 is 1.50 bits per heavy atom. The predicted octanol–water partition coefficient (Wildman–Crippen LogP) is 4.44. The van der Waals surface area contributed by atoms with Crippen LogP contribution in [-0.4, -0.2) is 33.2 Å². The van der Waals surface area contributed by atoms with Crippen LogP contribution < -0.4 is 9.62 Å². The average Bonchev–Trinajstić information content (AvgIpc) is 2.77. The molecule has 0 aromatic heterocycles. The van der Waals surface area contributed by atoms with E-state index in [1.807, 2.05) is 24.3 Å². The van der Waals surface area contributed by atoms with E-state index in [1.165, 1.54) is 12.1 Å². The molecule has 8 heteroatoms. The summed E-state index contributed by atoms with van der Waals surface area (Å²) in [5.74, 6) is 0.291. The molecule has 0 saturated carbocycles. The third-order valence-corrected chi connectivity index (χ3v) is 7.22. The molecule has 0 aliphatic rings. The normalized spacial score (nSPS) is 11.1. The summed E-state index contributed by atoms with van der Waals surface area (Å²) in [7, 11) is -3.87. The number of benzene rings is 3. The lowest BCUT2D eigenvalue weighted by Crippen LogP contribution is -2.41. The first-order valence-corrected chi connectivity index (χ1v) is 12.0. The second-order valence-corrected chi connectivity index (χ2v) is 9.78. The highest BCUT2D eigenvalue weighted by Gasteiger charge is 2.26. The van der Waals surface area contributed by atoms with Crippen LogP contribution in [0.1, 0.15) is 0 Å². The summed E-state index contributed by atoms with van der Waals surface area (Å²) in [6.07, 6.45) is 0. The molecule has 0 heterocycles. The van der Waals surface area contributed by atoms with E-state index in [4.69, 9.17) is 11.6 Å². The number of anilines is 1. The summed E-state index contributed by atoms with van der Waals surface area (Å²) in [5, 5.41) is 3.47. The van der Waals surface area contributed by atoms with Crippen LogP contribution in [0.5, 0.6) is 0 Å². The Hall–Kier alpha value is -2.48. The molecule has 0 unspecified atom stereocenters. The smallest absolute Gasteiger partial charge is 0.264 e. The number of rotatable bonds is 9. The molecule has 1 amide bonds. The van der Waals surface area contributed by atoms with E-state index in [0.29, 0.717) is 23.0 Å². The number of nitrogens with one attached hydrogen (secondary N) is 1. The zero-order chi connectivity index (χ0) is 21.4. The van der Waals surface area contributed by atoms with Gasteiger partial charge in [0.2, 0.25) is 5.91 Å². The molecule has 0 aliphatic carbocycles. The molecular weight excluding hydrogens is 440 g/mol. The number of carbonyl (C=O) groups excluding carboxylic acids is 1. The summed E-state index contributed by atoms with van der Waals surface area (Å²) in [6.45, 7) is 0.118. The Morgan fingerprint density at radius 1 is 0.900 bits per heavy atom.